The Kier molecular flexibility index (Phi) is 21.9. The van der Waals surface area contributed by atoms with E-state index in [9.17, 15) is 33.9 Å². The highest BCUT2D eigenvalue weighted by atomic mass is 16.4. The van der Waals surface area contributed by atoms with Gasteiger partial charge >= 0.3 is 23.9 Å². The van der Waals surface area contributed by atoms with Crippen LogP contribution in [0, 0.1) is 5.92 Å². The van der Waals surface area contributed by atoms with Crippen LogP contribution in [0.5, 0.6) is 0 Å². The van der Waals surface area contributed by atoms with Crippen molar-refractivity contribution in [1.29, 1.82) is 0 Å². The molecule has 4 unspecified atom stereocenters. The third-order valence-electron chi connectivity index (χ3n) is 8.50. The van der Waals surface area contributed by atoms with E-state index in [1.165, 1.54) is 51.4 Å². The lowest BCUT2D eigenvalue weighted by molar-refractivity contribution is -0.141. The number of aliphatic carboxylic acids is 3. The van der Waals surface area contributed by atoms with E-state index in [0.717, 1.165) is 38.5 Å². The number of hydrogen-bond acceptors (Lipinski definition) is 6. The molecule has 1 aliphatic carbocycles. The first-order chi connectivity index (χ1) is 22.0. The zero-order chi connectivity index (χ0) is 34.2. The molecule has 4 atom stereocenters. The molecule has 0 aliphatic heterocycles. The van der Waals surface area contributed by atoms with Crippen LogP contribution >= 0.6 is 0 Å². The van der Waals surface area contributed by atoms with Crippen LogP contribution in [0.4, 0.5) is 4.79 Å². The highest BCUT2D eigenvalue weighted by molar-refractivity contribution is 5.86. The minimum absolute atomic E-state index is 0.0686. The Bertz CT molecular complexity index is 946. The second kappa shape index (κ2) is 24.8. The summed E-state index contributed by atoms with van der Waals surface area (Å²) in [5.41, 5.74) is 0. The fourth-order valence-electron chi connectivity index (χ4n) is 5.95. The van der Waals surface area contributed by atoms with E-state index >= 15 is 0 Å². The third-order valence-corrected chi connectivity index (χ3v) is 8.50. The number of nitrogens with one attached hydrogen (secondary N) is 4. The zero-order valence-corrected chi connectivity index (χ0v) is 27.7. The second-order valence-electron chi connectivity index (χ2n) is 12.6. The first-order valence-corrected chi connectivity index (χ1v) is 17.3. The predicted octanol–water partition coefficient (Wildman–Crippen LogP) is 4.72. The number of carboxylic acids is 3. The highest BCUT2D eigenvalue weighted by Crippen LogP contribution is 2.25. The largest absolute Gasteiger partial charge is 0.481 e. The summed E-state index contributed by atoms with van der Waals surface area (Å²) >= 11 is 0. The van der Waals surface area contributed by atoms with E-state index in [1.807, 2.05) is 0 Å². The molecule has 0 aromatic rings. The molecule has 1 saturated carbocycles. The van der Waals surface area contributed by atoms with Crippen molar-refractivity contribution in [1.82, 2.24) is 21.3 Å². The number of carbonyl (C=O) groups is 6. The molecular weight excluding hydrogens is 596 g/mol. The summed E-state index contributed by atoms with van der Waals surface area (Å²) in [5.74, 6) is -3.19. The van der Waals surface area contributed by atoms with Gasteiger partial charge in [-0.05, 0) is 57.3 Å². The van der Waals surface area contributed by atoms with Crippen molar-refractivity contribution in [2.45, 2.75) is 160 Å². The van der Waals surface area contributed by atoms with E-state index in [-0.39, 0.29) is 30.7 Å². The molecule has 13 nitrogen and oxygen atoms in total. The summed E-state index contributed by atoms with van der Waals surface area (Å²) in [7, 11) is 0. The Morgan fingerprint density at radius 2 is 1.26 bits per heavy atom. The fourth-order valence-corrected chi connectivity index (χ4v) is 5.95. The molecule has 1 fully saturated rings. The number of unbranched alkanes of at least 4 members (excludes halogenated alkanes) is 4. The number of amides is 4. The molecule has 7 N–H and O–H groups in total. The Morgan fingerprint density at radius 1 is 0.674 bits per heavy atom. The highest BCUT2D eigenvalue weighted by Gasteiger charge is 2.25. The molecule has 0 aromatic heterocycles. The van der Waals surface area contributed by atoms with Gasteiger partial charge in [0.15, 0.2) is 0 Å². The van der Waals surface area contributed by atoms with Gasteiger partial charge in [0, 0.05) is 31.8 Å². The molecule has 264 valence electrons. The van der Waals surface area contributed by atoms with Crippen LogP contribution in [0.25, 0.3) is 0 Å². The Morgan fingerprint density at radius 3 is 1.87 bits per heavy atom. The van der Waals surface area contributed by atoms with Crippen LogP contribution in [0.15, 0.2) is 0 Å². The zero-order valence-electron chi connectivity index (χ0n) is 27.7. The minimum Gasteiger partial charge on any atom is -0.481 e. The lowest BCUT2D eigenvalue weighted by Crippen LogP contribution is -2.51. The molecular formula is C33H58N4O9. The number of urea groups is 1. The number of carboxylic acid groups (broad SMARTS) is 3. The molecule has 0 spiro atoms. The van der Waals surface area contributed by atoms with Crippen LogP contribution in [0.1, 0.15) is 142 Å². The van der Waals surface area contributed by atoms with E-state index < -0.39 is 42.4 Å². The average Bonchev–Trinajstić information content (AvgIpc) is 2.99. The van der Waals surface area contributed by atoms with Crippen LogP contribution in [0.2, 0.25) is 0 Å². The van der Waals surface area contributed by atoms with Gasteiger partial charge in [-0.15, -0.1) is 0 Å². The monoisotopic (exact) mass is 654 g/mol. The number of rotatable bonds is 22. The lowest BCUT2D eigenvalue weighted by Gasteiger charge is -2.26. The standard InChI is InChI=1S/C33H58N4O9/c1-2-14-24-15-8-4-3-5-9-16-25(23-24)35-29(39)19-11-7-6-10-18-28(38)34-22-13-12-17-26(31(42)43)36-33(46)37-27(32(44)45)20-21-30(40)41/h24-27H,2-23H2,1H3,(H,34,38)(H,35,39)(H,40,41)(H,42,43)(H,44,45)(H2,36,37,46). The molecule has 1 rings (SSSR count). The quantitative estimate of drug-likeness (QED) is 0.0804. The fraction of sp³-hybridized carbons (Fsp3) is 0.818. The van der Waals surface area contributed by atoms with Gasteiger partial charge in [-0.2, -0.15) is 0 Å². The maximum atomic E-state index is 12.6. The normalized spacial score (nSPS) is 18.4. The van der Waals surface area contributed by atoms with Crippen molar-refractivity contribution in [3.05, 3.63) is 0 Å². The van der Waals surface area contributed by atoms with Gasteiger partial charge in [0.25, 0.3) is 0 Å². The number of carbonyl (C=O) groups excluding carboxylic acids is 3. The van der Waals surface area contributed by atoms with Gasteiger partial charge < -0.3 is 36.6 Å². The Labute approximate surface area is 273 Å². The van der Waals surface area contributed by atoms with Crippen LogP contribution in [-0.4, -0.2) is 75.7 Å². The van der Waals surface area contributed by atoms with Gasteiger partial charge in [0.2, 0.25) is 11.8 Å². The SMILES string of the molecule is CCCC1CCCCCCCC(NC(=O)CCCCCCC(=O)NCCCCC(NC(=O)NC(CCC(=O)O)C(=O)O)C(=O)O)C1. The Balaban J connectivity index is 2.20. The van der Waals surface area contributed by atoms with E-state index in [1.54, 1.807) is 0 Å². The lowest BCUT2D eigenvalue weighted by atomic mass is 9.86. The maximum Gasteiger partial charge on any atom is 0.326 e. The van der Waals surface area contributed by atoms with Crippen molar-refractivity contribution < 1.29 is 44.1 Å². The number of hydrogen-bond donors (Lipinski definition) is 7. The van der Waals surface area contributed by atoms with Crippen molar-refractivity contribution in [2.24, 2.45) is 5.92 Å². The van der Waals surface area contributed by atoms with Crippen molar-refractivity contribution >= 4 is 35.8 Å². The second-order valence-corrected chi connectivity index (χ2v) is 12.6. The Hall–Kier alpha value is -3.38. The summed E-state index contributed by atoms with van der Waals surface area (Å²) in [6.07, 6.45) is 16.5. The third kappa shape index (κ3) is 20.6. The molecule has 0 saturated heterocycles. The molecule has 46 heavy (non-hydrogen) atoms. The van der Waals surface area contributed by atoms with Gasteiger partial charge in [0.1, 0.15) is 12.1 Å². The molecule has 4 amide bonds. The summed E-state index contributed by atoms with van der Waals surface area (Å²) in [4.78, 5) is 70.2. The molecule has 13 heteroatoms. The van der Waals surface area contributed by atoms with Crippen LogP contribution in [-0.2, 0) is 24.0 Å². The van der Waals surface area contributed by atoms with Gasteiger partial charge in [0.05, 0.1) is 0 Å². The van der Waals surface area contributed by atoms with E-state index in [0.29, 0.717) is 38.1 Å². The smallest absolute Gasteiger partial charge is 0.326 e. The van der Waals surface area contributed by atoms with Crippen LogP contribution in [0.3, 0.4) is 0 Å². The summed E-state index contributed by atoms with van der Waals surface area (Å²) in [5, 5.41) is 37.6. The average molecular weight is 655 g/mol. The summed E-state index contributed by atoms with van der Waals surface area (Å²) in [6, 6.07) is -3.46. The summed E-state index contributed by atoms with van der Waals surface area (Å²) in [6.45, 7) is 2.59. The van der Waals surface area contributed by atoms with Crippen molar-refractivity contribution in [2.75, 3.05) is 6.54 Å². The topological polar surface area (TPSA) is 211 Å². The van der Waals surface area contributed by atoms with E-state index in [4.69, 9.17) is 10.2 Å². The van der Waals surface area contributed by atoms with Gasteiger partial charge in [-0.25, -0.2) is 14.4 Å². The maximum absolute atomic E-state index is 12.6. The van der Waals surface area contributed by atoms with E-state index in [2.05, 4.69) is 28.2 Å². The molecule has 0 aromatic carbocycles. The van der Waals surface area contributed by atoms with Crippen molar-refractivity contribution in [3.63, 3.8) is 0 Å². The van der Waals surface area contributed by atoms with Crippen LogP contribution < -0.4 is 21.3 Å². The molecule has 1 aliphatic rings. The first kappa shape index (κ1) is 40.6. The predicted molar refractivity (Wildman–Crippen MR) is 173 cm³/mol. The minimum atomic E-state index is -1.46. The molecule has 0 heterocycles. The molecule has 0 bridgehead atoms. The first-order valence-electron chi connectivity index (χ1n) is 17.3. The van der Waals surface area contributed by atoms with Gasteiger partial charge in [-0.3, -0.25) is 14.4 Å². The van der Waals surface area contributed by atoms with Gasteiger partial charge in [-0.1, -0.05) is 71.1 Å². The summed E-state index contributed by atoms with van der Waals surface area (Å²) < 4.78 is 0. The van der Waals surface area contributed by atoms with Crippen molar-refractivity contribution in [3.8, 4) is 0 Å². The molecule has 0 radical (unpaired) electrons.